The summed E-state index contributed by atoms with van der Waals surface area (Å²) >= 11 is 5.11. The third kappa shape index (κ3) is 2.41. The molecule has 94 valence electrons. The summed E-state index contributed by atoms with van der Waals surface area (Å²) in [5.41, 5.74) is 6.81. The SMILES string of the molecule is NC1CCN(c2ccc(-c3ccc(Br)s3)nn2)C1. The van der Waals surface area contributed by atoms with Crippen molar-refractivity contribution in [2.24, 2.45) is 5.73 Å². The summed E-state index contributed by atoms with van der Waals surface area (Å²) in [4.78, 5) is 3.31. The molecule has 1 aliphatic rings. The first-order valence-corrected chi connectivity index (χ1v) is 7.43. The van der Waals surface area contributed by atoms with Gasteiger partial charge >= 0.3 is 0 Å². The van der Waals surface area contributed by atoms with Gasteiger partial charge in [0, 0.05) is 19.1 Å². The summed E-state index contributed by atoms with van der Waals surface area (Å²) < 4.78 is 1.11. The monoisotopic (exact) mass is 324 g/mol. The quantitative estimate of drug-likeness (QED) is 0.922. The van der Waals surface area contributed by atoms with Crippen LogP contribution in [0.5, 0.6) is 0 Å². The number of halogens is 1. The van der Waals surface area contributed by atoms with E-state index in [1.807, 2.05) is 24.3 Å². The highest BCUT2D eigenvalue weighted by Crippen LogP contribution is 2.30. The first-order chi connectivity index (χ1) is 8.72. The van der Waals surface area contributed by atoms with Gasteiger partial charge in [0.05, 0.1) is 8.66 Å². The Labute approximate surface area is 118 Å². The molecule has 3 heterocycles. The highest BCUT2D eigenvalue weighted by molar-refractivity contribution is 9.11. The number of anilines is 1. The zero-order valence-corrected chi connectivity index (χ0v) is 12.1. The standard InChI is InChI=1S/C12H13BrN4S/c13-11-3-2-10(18-11)9-1-4-12(16-15-9)17-6-5-8(14)7-17/h1-4,8H,5-7,14H2. The highest BCUT2D eigenvalue weighted by atomic mass is 79.9. The van der Waals surface area contributed by atoms with E-state index in [-0.39, 0.29) is 6.04 Å². The Morgan fingerprint density at radius 2 is 2.17 bits per heavy atom. The number of hydrogen-bond donors (Lipinski definition) is 1. The molecule has 1 unspecified atom stereocenters. The summed E-state index contributed by atoms with van der Waals surface area (Å²) in [7, 11) is 0. The number of thiophene rings is 1. The van der Waals surface area contributed by atoms with Crippen molar-refractivity contribution in [1.82, 2.24) is 10.2 Å². The van der Waals surface area contributed by atoms with Crippen LogP contribution in [0.15, 0.2) is 28.1 Å². The molecule has 0 bridgehead atoms. The third-order valence-corrected chi connectivity index (χ3v) is 4.67. The second kappa shape index (κ2) is 4.95. The molecule has 1 aliphatic heterocycles. The van der Waals surface area contributed by atoms with Crippen molar-refractivity contribution in [3.05, 3.63) is 28.1 Å². The van der Waals surface area contributed by atoms with Gasteiger partial charge in [-0.05, 0) is 46.6 Å². The largest absolute Gasteiger partial charge is 0.354 e. The Bertz CT molecular complexity index is 539. The molecular weight excluding hydrogens is 312 g/mol. The number of nitrogens with two attached hydrogens (primary N) is 1. The lowest BCUT2D eigenvalue weighted by Gasteiger charge is -2.15. The van der Waals surface area contributed by atoms with Crippen molar-refractivity contribution >= 4 is 33.1 Å². The van der Waals surface area contributed by atoms with Crippen LogP contribution in [0.1, 0.15) is 6.42 Å². The van der Waals surface area contributed by atoms with Crippen LogP contribution >= 0.6 is 27.3 Å². The highest BCUT2D eigenvalue weighted by Gasteiger charge is 2.20. The first-order valence-electron chi connectivity index (χ1n) is 5.82. The Morgan fingerprint density at radius 1 is 1.28 bits per heavy atom. The van der Waals surface area contributed by atoms with Gasteiger partial charge in [-0.1, -0.05) is 0 Å². The minimum Gasteiger partial charge on any atom is -0.354 e. The molecule has 0 saturated carbocycles. The molecule has 2 N–H and O–H groups in total. The fourth-order valence-corrected chi connectivity index (χ4v) is 3.42. The van der Waals surface area contributed by atoms with Gasteiger partial charge in [0.25, 0.3) is 0 Å². The average molecular weight is 325 g/mol. The van der Waals surface area contributed by atoms with E-state index < -0.39 is 0 Å². The molecule has 0 aromatic carbocycles. The average Bonchev–Trinajstić information content (AvgIpc) is 2.98. The Kier molecular flexibility index (Phi) is 3.32. The van der Waals surface area contributed by atoms with Gasteiger partial charge in [-0.3, -0.25) is 0 Å². The summed E-state index contributed by atoms with van der Waals surface area (Å²) in [6, 6.07) is 8.37. The van der Waals surface area contributed by atoms with E-state index in [0.717, 1.165) is 39.7 Å². The Hall–Kier alpha value is -0.980. The van der Waals surface area contributed by atoms with Crippen molar-refractivity contribution in [3.63, 3.8) is 0 Å². The lowest BCUT2D eigenvalue weighted by molar-refractivity contribution is 0.750. The fraction of sp³-hybridized carbons (Fsp3) is 0.333. The van der Waals surface area contributed by atoms with Crippen LogP contribution in [-0.2, 0) is 0 Å². The fourth-order valence-electron chi connectivity index (χ4n) is 2.07. The van der Waals surface area contributed by atoms with Gasteiger partial charge < -0.3 is 10.6 Å². The molecule has 1 saturated heterocycles. The maximum Gasteiger partial charge on any atom is 0.151 e. The zero-order valence-electron chi connectivity index (χ0n) is 9.71. The number of nitrogens with zero attached hydrogens (tertiary/aromatic N) is 3. The van der Waals surface area contributed by atoms with Crippen LogP contribution in [0.4, 0.5) is 5.82 Å². The summed E-state index contributed by atoms with van der Waals surface area (Å²) in [5.74, 6) is 0.919. The molecule has 0 aliphatic carbocycles. The van der Waals surface area contributed by atoms with Gasteiger partial charge in [0.15, 0.2) is 5.82 Å². The maximum absolute atomic E-state index is 5.89. The third-order valence-electron chi connectivity index (χ3n) is 3.02. The smallest absolute Gasteiger partial charge is 0.151 e. The molecule has 3 rings (SSSR count). The summed E-state index contributed by atoms with van der Waals surface area (Å²) in [5, 5.41) is 8.58. The van der Waals surface area contributed by atoms with E-state index in [2.05, 4.69) is 31.0 Å². The van der Waals surface area contributed by atoms with Crippen LogP contribution in [0.3, 0.4) is 0 Å². The predicted molar refractivity (Wildman–Crippen MR) is 77.9 cm³/mol. The van der Waals surface area contributed by atoms with Crippen LogP contribution in [-0.4, -0.2) is 29.3 Å². The van der Waals surface area contributed by atoms with Crippen LogP contribution in [0.2, 0.25) is 0 Å². The number of aromatic nitrogens is 2. The van der Waals surface area contributed by atoms with Gasteiger partial charge in [-0.2, -0.15) is 0 Å². The van der Waals surface area contributed by atoms with Gasteiger partial charge in [0.2, 0.25) is 0 Å². The van der Waals surface area contributed by atoms with Crippen molar-refractivity contribution in [3.8, 4) is 10.6 Å². The van der Waals surface area contributed by atoms with Crippen LogP contribution < -0.4 is 10.6 Å². The van der Waals surface area contributed by atoms with Crippen LogP contribution in [0, 0.1) is 0 Å². The van der Waals surface area contributed by atoms with E-state index in [0.29, 0.717) is 0 Å². The summed E-state index contributed by atoms with van der Waals surface area (Å²) in [6.45, 7) is 1.85. The minimum atomic E-state index is 0.264. The predicted octanol–water partition coefficient (Wildman–Crippen LogP) is 2.51. The molecule has 2 aromatic rings. The van der Waals surface area contributed by atoms with Crippen molar-refractivity contribution in [1.29, 1.82) is 0 Å². The molecule has 18 heavy (non-hydrogen) atoms. The van der Waals surface area contributed by atoms with Crippen molar-refractivity contribution < 1.29 is 0 Å². The van der Waals surface area contributed by atoms with Gasteiger partial charge in [-0.25, -0.2) is 0 Å². The first kappa shape index (κ1) is 12.1. The molecule has 4 nitrogen and oxygen atoms in total. The van der Waals surface area contributed by atoms with Crippen molar-refractivity contribution in [2.45, 2.75) is 12.5 Å². The zero-order chi connectivity index (χ0) is 12.5. The maximum atomic E-state index is 5.89. The molecule has 1 atom stereocenters. The van der Waals surface area contributed by atoms with E-state index in [9.17, 15) is 0 Å². The molecular formula is C12H13BrN4S. The molecule has 1 fully saturated rings. The summed E-state index contributed by atoms with van der Waals surface area (Å²) in [6.07, 6.45) is 1.03. The van der Waals surface area contributed by atoms with Gasteiger partial charge in [0.1, 0.15) is 5.69 Å². The van der Waals surface area contributed by atoms with E-state index in [4.69, 9.17) is 5.73 Å². The molecule has 2 aromatic heterocycles. The Morgan fingerprint density at radius 3 is 2.72 bits per heavy atom. The van der Waals surface area contributed by atoms with Crippen LogP contribution in [0.25, 0.3) is 10.6 Å². The van der Waals surface area contributed by atoms with Crippen molar-refractivity contribution in [2.75, 3.05) is 18.0 Å². The molecule has 6 heteroatoms. The topological polar surface area (TPSA) is 55.0 Å². The number of hydrogen-bond acceptors (Lipinski definition) is 5. The van der Waals surface area contributed by atoms with E-state index >= 15 is 0 Å². The Balaban J connectivity index is 1.81. The lowest BCUT2D eigenvalue weighted by Crippen LogP contribution is -2.26. The normalized spacial score (nSPS) is 19.4. The minimum absolute atomic E-state index is 0.264. The molecule has 0 spiro atoms. The van der Waals surface area contributed by atoms with Gasteiger partial charge in [-0.15, -0.1) is 21.5 Å². The molecule has 0 radical (unpaired) electrons. The van der Waals surface area contributed by atoms with E-state index in [1.165, 1.54) is 0 Å². The second-order valence-corrected chi connectivity index (χ2v) is 6.84. The second-order valence-electron chi connectivity index (χ2n) is 4.38. The number of rotatable bonds is 2. The lowest BCUT2D eigenvalue weighted by atomic mass is 10.3. The molecule has 0 amide bonds. The van der Waals surface area contributed by atoms with E-state index in [1.54, 1.807) is 11.3 Å².